The van der Waals surface area contributed by atoms with Gasteiger partial charge in [0.05, 0.1) is 0 Å². The van der Waals surface area contributed by atoms with E-state index in [0.29, 0.717) is 21.4 Å². The van der Waals surface area contributed by atoms with Crippen LogP contribution in [-0.4, -0.2) is 49.0 Å². The molecule has 1 aliphatic rings. The molecule has 1 aromatic carbocycles. The molecule has 0 spiro atoms. The molecule has 5 nitrogen and oxygen atoms in total. The van der Waals surface area contributed by atoms with Crippen molar-refractivity contribution in [1.82, 2.24) is 9.88 Å². The average Bonchev–Trinajstić information content (AvgIpc) is 2.54. The number of aromatic nitrogens is 1. The standard InChI is InChI=1S/C17H18Cl2N4O/c1-22-4-6-23(7-5-22)15-2-3-20-16(11-15)17(24)21-14-9-12(18)8-13(19)10-14/h2-3,8-11H,4-7H2,1H3,(H,21,24). The second kappa shape index (κ2) is 7.38. The Balaban J connectivity index is 1.74. The van der Waals surface area contributed by atoms with Crippen LogP contribution in [0.4, 0.5) is 11.4 Å². The number of nitrogens with zero attached hydrogens (tertiary/aromatic N) is 3. The van der Waals surface area contributed by atoms with E-state index < -0.39 is 0 Å². The van der Waals surface area contributed by atoms with Gasteiger partial charge in [0.1, 0.15) is 5.69 Å². The van der Waals surface area contributed by atoms with Crippen molar-refractivity contribution in [2.45, 2.75) is 0 Å². The quantitative estimate of drug-likeness (QED) is 0.906. The van der Waals surface area contributed by atoms with Gasteiger partial charge in [-0.1, -0.05) is 23.2 Å². The molecule has 0 unspecified atom stereocenters. The van der Waals surface area contributed by atoms with Gasteiger partial charge in [0.2, 0.25) is 0 Å². The van der Waals surface area contributed by atoms with Gasteiger partial charge in [-0.3, -0.25) is 9.78 Å². The zero-order chi connectivity index (χ0) is 17.1. The first kappa shape index (κ1) is 17.0. The molecule has 1 N–H and O–H groups in total. The van der Waals surface area contributed by atoms with Gasteiger partial charge >= 0.3 is 0 Å². The van der Waals surface area contributed by atoms with Gasteiger partial charge in [-0.2, -0.15) is 0 Å². The molecule has 24 heavy (non-hydrogen) atoms. The van der Waals surface area contributed by atoms with Crippen molar-refractivity contribution in [3.05, 3.63) is 52.3 Å². The van der Waals surface area contributed by atoms with Crippen LogP contribution in [0.2, 0.25) is 10.0 Å². The summed E-state index contributed by atoms with van der Waals surface area (Å²) in [5.41, 5.74) is 1.92. The van der Waals surface area contributed by atoms with Crippen LogP contribution in [0.15, 0.2) is 36.5 Å². The highest BCUT2D eigenvalue weighted by Gasteiger charge is 2.16. The van der Waals surface area contributed by atoms with Crippen LogP contribution < -0.4 is 10.2 Å². The summed E-state index contributed by atoms with van der Waals surface area (Å²) in [5, 5.41) is 3.72. The van der Waals surface area contributed by atoms with E-state index in [-0.39, 0.29) is 5.91 Å². The topological polar surface area (TPSA) is 48.5 Å². The number of anilines is 2. The first-order chi connectivity index (χ1) is 11.5. The van der Waals surface area contributed by atoms with Gasteiger partial charge in [-0.25, -0.2) is 0 Å². The Kier molecular flexibility index (Phi) is 5.23. The largest absolute Gasteiger partial charge is 0.369 e. The van der Waals surface area contributed by atoms with Gasteiger partial charge in [-0.15, -0.1) is 0 Å². The Morgan fingerprint density at radius 2 is 1.75 bits per heavy atom. The summed E-state index contributed by atoms with van der Waals surface area (Å²) in [6.07, 6.45) is 1.66. The van der Waals surface area contributed by atoms with Crippen LogP contribution in [0, 0.1) is 0 Å². The van der Waals surface area contributed by atoms with E-state index in [0.717, 1.165) is 31.9 Å². The lowest BCUT2D eigenvalue weighted by Crippen LogP contribution is -2.44. The highest BCUT2D eigenvalue weighted by atomic mass is 35.5. The summed E-state index contributed by atoms with van der Waals surface area (Å²) in [5.74, 6) is -0.288. The van der Waals surface area contributed by atoms with Crippen LogP contribution in [0.5, 0.6) is 0 Å². The molecule has 126 valence electrons. The molecule has 1 amide bonds. The zero-order valence-electron chi connectivity index (χ0n) is 13.3. The fourth-order valence-corrected chi connectivity index (χ4v) is 3.15. The lowest BCUT2D eigenvalue weighted by molar-refractivity contribution is 0.102. The molecule has 3 rings (SSSR count). The van der Waals surface area contributed by atoms with Crippen LogP contribution in [0.25, 0.3) is 0 Å². The molecule has 0 bridgehead atoms. The van der Waals surface area contributed by atoms with E-state index >= 15 is 0 Å². The van der Waals surface area contributed by atoms with Gasteiger partial charge in [0.15, 0.2) is 0 Å². The van der Waals surface area contributed by atoms with Gasteiger partial charge in [-0.05, 0) is 37.4 Å². The van der Waals surface area contributed by atoms with E-state index in [1.165, 1.54) is 0 Å². The normalized spacial score (nSPS) is 15.4. The van der Waals surface area contributed by atoms with Crippen molar-refractivity contribution < 1.29 is 4.79 Å². The Labute approximate surface area is 151 Å². The third kappa shape index (κ3) is 4.17. The fraction of sp³-hybridized carbons (Fsp3) is 0.294. The number of nitrogens with one attached hydrogen (secondary N) is 1. The van der Waals surface area contributed by atoms with E-state index in [2.05, 4.69) is 27.1 Å². The smallest absolute Gasteiger partial charge is 0.274 e. The molecule has 0 aliphatic carbocycles. The molecule has 1 aliphatic heterocycles. The summed E-state index contributed by atoms with van der Waals surface area (Å²) in [6.45, 7) is 3.88. The van der Waals surface area contributed by atoms with Crippen LogP contribution in [-0.2, 0) is 0 Å². The number of amides is 1. The van der Waals surface area contributed by atoms with Gasteiger partial charge in [0, 0.05) is 53.8 Å². The highest BCUT2D eigenvalue weighted by molar-refractivity contribution is 6.35. The first-order valence-corrected chi connectivity index (χ1v) is 8.44. The van der Waals surface area contributed by atoms with Crippen molar-refractivity contribution in [3.8, 4) is 0 Å². The maximum absolute atomic E-state index is 12.4. The number of rotatable bonds is 3. The number of pyridine rings is 1. The minimum absolute atomic E-state index is 0.288. The van der Waals surface area contributed by atoms with E-state index in [4.69, 9.17) is 23.2 Å². The summed E-state index contributed by atoms with van der Waals surface area (Å²) in [6, 6.07) is 8.65. The number of carbonyl (C=O) groups excluding carboxylic acids is 1. The number of likely N-dealkylation sites (N-methyl/N-ethyl adjacent to an activating group) is 1. The third-order valence-electron chi connectivity index (χ3n) is 3.97. The zero-order valence-corrected chi connectivity index (χ0v) is 14.8. The molecule has 2 heterocycles. The maximum Gasteiger partial charge on any atom is 0.274 e. The number of carbonyl (C=O) groups is 1. The molecule has 0 saturated carbocycles. The van der Waals surface area contributed by atoms with E-state index in [1.54, 1.807) is 24.4 Å². The van der Waals surface area contributed by atoms with Crippen molar-refractivity contribution in [2.24, 2.45) is 0 Å². The molecule has 0 atom stereocenters. The van der Waals surface area contributed by atoms with Crippen molar-refractivity contribution in [2.75, 3.05) is 43.4 Å². The lowest BCUT2D eigenvalue weighted by Gasteiger charge is -2.34. The predicted molar refractivity (Wildman–Crippen MR) is 98.4 cm³/mol. The predicted octanol–water partition coefficient (Wildman–Crippen LogP) is 3.39. The number of halogens is 2. The minimum Gasteiger partial charge on any atom is -0.369 e. The molecule has 7 heteroatoms. The average molecular weight is 365 g/mol. The maximum atomic E-state index is 12.4. The Hall–Kier alpha value is -1.82. The minimum atomic E-state index is -0.288. The third-order valence-corrected chi connectivity index (χ3v) is 4.40. The molecular formula is C17H18Cl2N4O. The fourth-order valence-electron chi connectivity index (χ4n) is 2.63. The summed E-state index contributed by atoms with van der Waals surface area (Å²) >= 11 is 11.9. The first-order valence-electron chi connectivity index (χ1n) is 7.68. The summed E-state index contributed by atoms with van der Waals surface area (Å²) < 4.78 is 0. The number of hydrogen-bond acceptors (Lipinski definition) is 4. The van der Waals surface area contributed by atoms with E-state index in [1.807, 2.05) is 12.1 Å². The second-order valence-electron chi connectivity index (χ2n) is 5.80. The van der Waals surface area contributed by atoms with Crippen molar-refractivity contribution in [1.29, 1.82) is 0 Å². The number of benzene rings is 1. The van der Waals surface area contributed by atoms with Gasteiger partial charge in [0.25, 0.3) is 5.91 Å². The van der Waals surface area contributed by atoms with Crippen LogP contribution in [0.1, 0.15) is 10.5 Å². The number of hydrogen-bond donors (Lipinski definition) is 1. The van der Waals surface area contributed by atoms with Crippen molar-refractivity contribution in [3.63, 3.8) is 0 Å². The van der Waals surface area contributed by atoms with Crippen LogP contribution in [0.3, 0.4) is 0 Å². The summed E-state index contributed by atoms with van der Waals surface area (Å²) in [4.78, 5) is 21.2. The molecular weight excluding hydrogens is 347 g/mol. The molecule has 1 saturated heterocycles. The Bertz CT molecular complexity index is 725. The SMILES string of the molecule is CN1CCN(c2ccnc(C(=O)Nc3cc(Cl)cc(Cl)c3)c2)CC1. The highest BCUT2D eigenvalue weighted by Crippen LogP contribution is 2.23. The second-order valence-corrected chi connectivity index (χ2v) is 6.67. The van der Waals surface area contributed by atoms with Crippen LogP contribution >= 0.6 is 23.2 Å². The molecule has 2 aromatic rings. The number of piperazine rings is 1. The Morgan fingerprint density at radius 3 is 2.42 bits per heavy atom. The monoisotopic (exact) mass is 364 g/mol. The lowest BCUT2D eigenvalue weighted by atomic mass is 10.2. The Morgan fingerprint density at radius 1 is 1.08 bits per heavy atom. The molecule has 0 radical (unpaired) electrons. The van der Waals surface area contributed by atoms with E-state index in [9.17, 15) is 4.79 Å². The summed E-state index contributed by atoms with van der Waals surface area (Å²) in [7, 11) is 2.11. The molecule has 1 fully saturated rings. The van der Waals surface area contributed by atoms with Crippen molar-refractivity contribution >= 4 is 40.5 Å². The molecule has 1 aromatic heterocycles. The van der Waals surface area contributed by atoms with Gasteiger partial charge < -0.3 is 15.1 Å².